The van der Waals surface area contributed by atoms with Crippen molar-refractivity contribution in [3.05, 3.63) is 17.7 Å². The second kappa shape index (κ2) is 7.38. The van der Waals surface area contributed by atoms with E-state index in [1.807, 2.05) is 0 Å². The molecule has 0 bridgehead atoms. The second-order valence-electron chi connectivity index (χ2n) is 5.67. The van der Waals surface area contributed by atoms with E-state index in [0.29, 0.717) is 22.8 Å². The third-order valence-corrected chi connectivity index (χ3v) is 4.43. The Balaban J connectivity index is 2.44. The highest BCUT2D eigenvalue weighted by molar-refractivity contribution is 5.77. The Labute approximate surface area is 131 Å². The topological polar surface area (TPSA) is 65.0 Å². The van der Waals surface area contributed by atoms with Crippen LogP contribution in [0.1, 0.15) is 43.6 Å². The van der Waals surface area contributed by atoms with Crippen molar-refractivity contribution < 1.29 is 24.1 Å². The normalized spacial score (nSPS) is 16.9. The number of carboxylic acids is 1. The van der Waals surface area contributed by atoms with Crippen LogP contribution < -0.4 is 14.2 Å². The molecule has 22 heavy (non-hydrogen) atoms. The van der Waals surface area contributed by atoms with E-state index in [-0.39, 0.29) is 5.92 Å². The first-order valence-corrected chi connectivity index (χ1v) is 7.65. The lowest BCUT2D eigenvalue weighted by Crippen LogP contribution is -2.23. The maximum atomic E-state index is 11.8. The van der Waals surface area contributed by atoms with Gasteiger partial charge in [0.15, 0.2) is 11.5 Å². The monoisotopic (exact) mass is 308 g/mol. The van der Waals surface area contributed by atoms with Crippen LogP contribution in [0.3, 0.4) is 0 Å². The molecule has 1 atom stereocenters. The Morgan fingerprint density at radius 2 is 1.59 bits per heavy atom. The zero-order valence-electron chi connectivity index (χ0n) is 13.4. The fourth-order valence-electron chi connectivity index (χ4n) is 3.36. The molecule has 5 heteroatoms. The first kappa shape index (κ1) is 16.5. The van der Waals surface area contributed by atoms with E-state index in [0.717, 1.165) is 25.7 Å². The summed E-state index contributed by atoms with van der Waals surface area (Å²) in [7, 11) is 4.62. The van der Waals surface area contributed by atoms with Crippen LogP contribution in [0.15, 0.2) is 12.1 Å². The minimum absolute atomic E-state index is 0.161. The number of hydrogen-bond acceptors (Lipinski definition) is 4. The molecule has 2 rings (SSSR count). The lowest BCUT2D eigenvalue weighted by Gasteiger charge is -2.28. The Bertz CT molecular complexity index is 495. The first-order chi connectivity index (χ1) is 10.6. The minimum atomic E-state index is -0.791. The summed E-state index contributed by atoms with van der Waals surface area (Å²) in [6, 6.07) is 3.52. The third-order valence-electron chi connectivity index (χ3n) is 4.43. The van der Waals surface area contributed by atoms with Crippen molar-refractivity contribution in [2.24, 2.45) is 5.92 Å². The van der Waals surface area contributed by atoms with E-state index < -0.39 is 11.9 Å². The van der Waals surface area contributed by atoms with Gasteiger partial charge >= 0.3 is 5.97 Å². The molecule has 0 spiro atoms. The molecule has 0 saturated heterocycles. The summed E-state index contributed by atoms with van der Waals surface area (Å²) < 4.78 is 16.0. The molecule has 5 nitrogen and oxygen atoms in total. The van der Waals surface area contributed by atoms with Gasteiger partial charge in [-0.3, -0.25) is 4.79 Å². The molecule has 1 aliphatic rings. The molecule has 0 heterocycles. The molecule has 1 aromatic carbocycles. The second-order valence-corrected chi connectivity index (χ2v) is 5.67. The predicted molar refractivity (Wildman–Crippen MR) is 83.0 cm³/mol. The fraction of sp³-hybridized carbons (Fsp3) is 0.588. The first-order valence-electron chi connectivity index (χ1n) is 7.65. The van der Waals surface area contributed by atoms with Gasteiger partial charge in [-0.05, 0) is 36.5 Å². The van der Waals surface area contributed by atoms with Crippen LogP contribution in [-0.2, 0) is 4.79 Å². The van der Waals surface area contributed by atoms with Crippen molar-refractivity contribution in [2.45, 2.75) is 38.0 Å². The van der Waals surface area contributed by atoms with Crippen molar-refractivity contribution in [1.82, 2.24) is 0 Å². The molecule has 0 aromatic heterocycles. The summed E-state index contributed by atoms with van der Waals surface area (Å²) in [5.41, 5.74) is 0.717. The summed E-state index contributed by atoms with van der Waals surface area (Å²) in [6.45, 7) is 0. The SMILES string of the molecule is COc1cc(C(C(=O)O)C2CCCCC2)cc(OC)c1OC. The van der Waals surface area contributed by atoms with Crippen LogP contribution in [0, 0.1) is 5.92 Å². The molecule has 0 amide bonds. The Hall–Kier alpha value is -1.91. The molecule has 0 aliphatic heterocycles. The van der Waals surface area contributed by atoms with Crippen molar-refractivity contribution in [3.8, 4) is 17.2 Å². The number of methoxy groups -OCH3 is 3. The molecule has 1 aromatic rings. The van der Waals surface area contributed by atoms with Gasteiger partial charge in [0.1, 0.15) is 0 Å². The number of benzene rings is 1. The zero-order chi connectivity index (χ0) is 16.1. The zero-order valence-corrected chi connectivity index (χ0v) is 13.4. The maximum absolute atomic E-state index is 11.8. The molecular weight excluding hydrogens is 284 g/mol. The van der Waals surface area contributed by atoms with Gasteiger partial charge < -0.3 is 19.3 Å². The number of ether oxygens (including phenoxy) is 3. The summed E-state index contributed by atoms with van der Waals surface area (Å²) in [5, 5.41) is 9.72. The van der Waals surface area contributed by atoms with Crippen LogP contribution >= 0.6 is 0 Å². The number of aliphatic carboxylic acids is 1. The molecule has 0 radical (unpaired) electrons. The quantitative estimate of drug-likeness (QED) is 0.872. The van der Waals surface area contributed by atoms with Gasteiger partial charge in [-0.25, -0.2) is 0 Å². The van der Waals surface area contributed by atoms with Crippen LogP contribution in [-0.4, -0.2) is 32.4 Å². The summed E-state index contributed by atoms with van der Waals surface area (Å²) in [4.78, 5) is 11.8. The number of carbonyl (C=O) groups is 1. The van der Waals surface area contributed by atoms with Crippen LogP contribution in [0.4, 0.5) is 0 Å². The van der Waals surface area contributed by atoms with E-state index in [2.05, 4.69) is 0 Å². The molecule has 1 unspecified atom stereocenters. The molecule has 1 fully saturated rings. The largest absolute Gasteiger partial charge is 0.493 e. The van der Waals surface area contributed by atoms with Crippen molar-refractivity contribution in [2.75, 3.05) is 21.3 Å². The van der Waals surface area contributed by atoms with Crippen LogP contribution in [0.2, 0.25) is 0 Å². The van der Waals surface area contributed by atoms with Crippen molar-refractivity contribution in [3.63, 3.8) is 0 Å². The van der Waals surface area contributed by atoms with E-state index in [1.165, 1.54) is 27.8 Å². The maximum Gasteiger partial charge on any atom is 0.311 e. The van der Waals surface area contributed by atoms with Gasteiger partial charge in [0, 0.05) is 0 Å². The summed E-state index contributed by atoms with van der Waals surface area (Å²) >= 11 is 0. The minimum Gasteiger partial charge on any atom is -0.493 e. The van der Waals surface area contributed by atoms with Gasteiger partial charge in [0.05, 0.1) is 27.2 Å². The molecule has 1 saturated carbocycles. The molecular formula is C17H24O5. The fourth-order valence-corrected chi connectivity index (χ4v) is 3.36. The third kappa shape index (κ3) is 3.29. The van der Waals surface area contributed by atoms with Gasteiger partial charge in [0.25, 0.3) is 0 Å². The highest BCUT2D eigenvalue weighted by Crippen LogP contribution is 2.43. The van der Waals surface area contributed by atoms with E-state index in [1.54, 1.807) is 12.1 Å². The Morgan fingerprint density at radius 1 is 1.05 bits per heavy atom. The Kier molecular flexibility index (Phi) is 5.52. The van der Waals surface area contributed by atoms with E-state index >= 15 is 0 Å². The van der Waals surface area contributed by atoms with Crippen molar-refractivity contribution >= 4 is 5.97 Å². The highest BCUT2D eigenvalue weighted by atomic mass is 16.5. The average Bonchev–Trinajstić information content (AvgIpc) is 2.54. The summed E-state index contributed by atoms with van der Waals surface area (Å²) in [6.07, 6.45) is 5.29. The average molecular weight is 308 g/mol. The number of rotatable bonds is 6. The van der Waals surface area contributed by atoms with Gasteiger partial charge in [-0.15, -0.1) is 0 Å². The lowest BCUT2D eigenvalue weighted by atomic mass is 9.76. The molecule has 122 valence electrons. The van der Waals surface area contributed by atoms with Crippen LogP contribution in [0.5, 0.6) is 17.2 Å². The standard InChI is InChI=1S/C17H24O5/c1-20-13-9-12(10-14(21-2)16(13)22-3)15(17(18)19)11-7-5-4-6-8-11/h9-11,15H,4-8H2,1-3H3,(H,18,19). The van der Waals surface area contributed by atoms with E-state index in [9.17, 15) is 9.90 Å². The highest BCUT2D eigenvalue weighted by Gasteiger charge is 2.32. The smallest absolute Gasteiger partial charge is 0.311 e. The van der Waals surface area contributed by atoms with Gasteiger partial charge in [-0.2, -0.15) is 0 Å². The Morgan fingerprint density at radius 3 is 2.00 bits per heavy atom. The number of hydrogen-bond donors (Lipinski definition) is 1. The number of carboxylic acid groups (broad SMARTS) is 1. The van der Waals surface area contributed by atoms with Gasteiger partial charge in [0.2, 0.25) is 5.75 Å². The van der Waals surface area contributed by atoms with Crippen LogP contribution in [0.25, 0.3) is 0 Å². The molecule has 1 aliphatic carbocycles. The molecule has 1 N–H and O–H groups in total. The lowest BCUT2D eigenvalue weighted by molar-refractivity contribution is -0.140. The summed E-state index contributed by atoms with van der Waals surface area (Å²) in [5.74, 6) is 0.323. The predicted octanol–water partition coefficient (Wildman–Crippen LogP) is 3.46. The van der Waals surface area contributed by atoms with Crippen molar-refractivity contribution in [1.29, 1.82) is 0 Å². The van der Waals surface area contributed by atoms with E-state index in [4.69, 9.17) is 14.2 Å². The van der Waals surface area contributed by atoms with Gasteiger partial charge in [-0.1, -0.05) is 19.3 Å².